The second-order valence-corrected chi connectivity index (χ2v) is 7.82. The average molecular weight is 377 g/mol. The maximum absolute atomic E-state index is 5.76. The highest BCUT2D eigenvalue weighted by molar-refractivity contribution is 5.42. The molecule has 0 amide bonds. The molecule has 2 aliphatic heterocycles. The van der Waals surface area contributed by atoms with E-state index in [0.717, 1.165) is 57.1 Å². The van der Waals surface area contributed by atoms with Crippen LogP contribution in [-0.2, 0) is 11.3 Å². The second-order valence-electron chi connectivity index (χ2n) is 7.82. The number of benzene rings is 1. The van der Waals surface area contributed by atoms with Gasteiger partial charge in [-0.05, 0) is 62.9 Å². The third-order valence-electron chi connectivity index (χ3n) is 5.92. The number of nitrogens with zero attached hydrogens (tertiary/aromatic N) is 1. The van der Waals surface area contributed by atoms with Crippen molar-refractivity contribution in [2.24, 2.45) is 0 Å². The quantitative estimate of drug-likeness (QED) is 0.713. The van der Waals surface area contributed by atoms with Gasteiger partial charge in [-0.2, -0.15) is 0 Å². The fourth-order valence-electron chi connectivity index (χ4n) is 4.32. The van der Waals surface area contributed by atoms with Gasteiger partial charge in [0.25, 0.3) is 0 Å². The molecule has 2 aliphatic rings. The van der Waals surface area contributed by atoms with Crippen molar-refractivity contribution in [2.45, 2.75) is 57.5 Å². The molecule has 2 fully saturated rings. The van der Waals surface area contributed by atoms with Crippen LogP contribution in [0.2, 0.25) is 0 Å². The first kappa shape index (κ1) is 20.4. The summed E-state index contributed by atoms with van der Waals surface area (Å²) in [5, 5.41) is 3.73. The van der Waals surface area contributed by atoms with Crippen LogP contribution < -0.4 is 14.8 Å². The van der Waals surface area contributed by atoms with Crippen LogP contribution >= 0.6 is 0 Å². The number of methoxy groups -OCH3 is 1. The Balaban J connectivity index is 1.59. The molecule has 2 saturated heterocycles. The summed E-state index contributed by atoms with van der Waals surface area (Å²) in [4.78, 5) is 2.73. The molecule has 5 heteroatoms. The third-order valence-corrected chi connectivity index (χ3v) is 5.92. The average Bonchev–Trinajstić information content (AvgIpc) is 2.74. The largest absolute Gasteiger partial charge is 0.493 e. The fraction of sp³-hybridized carbons (Fsp3) is 0.727. The molecular formula is C22H36N2O3. The molecule has 27 heavy (non-hydrogen) atoms. The van der Waals surface area contributed by atoms with Crippen LogP contribution in [0.4, 0.5) is 0 Å². The fourth-order valence-corrected chi connectivity index (χ4v) is 4.32. The van der Waals surface area contributed by atoms with E-state index in [1.54, 1.807) is 7.11 Å². The first-order valence-corrected chi connectivity index (χ1v) is 10.6. The van der Waals surface area contributed by atoms with E-state index in [1.165, 1.54) is 37.9 Å². The monoisotopic (exact) mass is 376 g/mol. The van der Waals surface area contributed by atoms with Gasteiger partial charge in [-0.3, -0.25) is 4.90 Å². The van der Waals surface area contributed by atoms with E-state index in [0.29, 0.717) is 6.61 Å². The topological polar surface area (TPSA) is 43.0 Å². The Hall–Kier alpha value is -1.30. The molecule has 0 atom stereocenters. The van der Waals surface area contributed by atoms with Gasteiger partial charge in [0, 0.05) is 31.8 Å². The van der Waals surface area contributed by atoms with Crippen molar-refractivity contribution in [1.29, 1.82) is 0 Å². The van der Waals surface area contributed by atoms with Crippen LogP contribution in [-0.4, -0.2) is 57.0 Å². The molecule has 5 nitrogen and oxygen atoms in total. The first-order valence-electron chi connectivity index (χ1n) is 10.6. The molecule has 1 N–H and O–H groups in total. The van der Waals surface area contributed by atoms with Crippen molar-refractivity contribution in [3.8, 4) is 11.5 Å². The van der Waals surface area contributed by atoms with Crippen LogP contribution in [0.15, 0.2) is 18.2 Å². The molecule has 0 spiro atoms. The van der Waals surface area contributed by atoms with E-state index in [4.69, 9.17) is 14.2 Å². The van der Waals surface area contributed by atoms with Crippen LogP contribution in [0.25, 0.3) is 0 Å². The lowest BCUT2D eigenvalue weighted by atomic mass is 9.86. The van der Waals surface area contributed by atoms with Gasteiger partial charge in [0.05, 0.1) is 13.7 Å². The van der Waals surface area contributed by atoms with Crippen molar-refractivity contribution in [3.63, 3.8) is 0 Å². The zero-order valence-corrected chi connectivity index (χ0v) is 17.1. The summed E-state index contributed by atoms with van der Waals surface area (Å²) in [6, 6.07) is 6.26. The van der Waals surface area contributed by atoms with Gasteiger partial charge in [0.2, 0.25) is 0 Å². The van der Waals surface area contributed by atoms with Gasteiger partial charge in [0.1, 0.15) is 0 Å². The summed E-state index contributed by atoms with van der Waals surface area (Å²) in [7, 11) is 1.71. The van der Waals surface area contributed by atoms with E-state index in [1.807, 2.05) is 6.07 Å². The van der Waals surface area contributed by atoms with Crippen LogP contribution in [0.5, 0.6) is 11.5 Å². The lowest BCUT2D eigenvalue weighted by Crippen LogP contribution is -2.59. The summed E-state index contributed by atoms with van der Waals surface area (Å²) in [6.07, 6.45) is 7.30. The van der Waals surface area contributed by atoms with E-state index < -0.39 is 0 Å². The molecule has 1 aromatic rings. The minimum absolute atomic E-state index is 0.257. The van der Waals surface area contributed by atoms with Gasteiger partial charge in [-0.1, -0.05) is 19.4 Å². The maximum atomic E-state index is 5.76. The van der Waals surface area contributed by atoms with Crippen LogP contribution in [0.1, 0.15) is 51.0 Å². The lowest BCUT2D eigenvalue weighted by Gasteiger charge is -2.48. The number of nitrogens with one attached hydrogen (secondary N) is 1. The molecule has 2 heterocycles. The Kier molecular flexibility index (Phi) is 7.80. The highest BCUT2D eigenvalue weighted by Gasteiger charge is 2.38. The summed E-state index contributed by atoms with van der Waals surface area (Å²) < 4.78 is 16.9. The molecule has 0 saturated carbocycles. The Morgan fingerprint density at radius 3 is 2.59 bits per heavy atom. The third kappa shape index (κ3) is 5.37. The number of hydrogen-bond donors (Lipinski definition) is 1. The molecule has 3 rings (SSSR count). The summed E-state index contributed by atoms with van der Waals surface area (Å²) in [5.41, 5.74) is 1.49. The smallest absolute Gasteiger partial charge is 0.161 e. The summed E-state index contributed by atoms with van der Waals surface area (Å²) in [6.45, 7) is 8.93. The predicted octanol–water partition coefficient (Wildman–Crippen LogP) is 3.61. The summed E-state index contributed by atoms with van der Waals surface area (Å²) >= 11 is 0. The Bertz CT molecular complexity index is 567. The van der Waals surface area contributed by atoms with Crippen LogP contribution in [0.3, 0.4) is 0 Å². The Morgan fingerprint density at radius 1 is 1.11 bits per heavy atom. The Labute approximate surface area is 164 Å². The van der Waals surface area contributed by atoms with Gasteiger partial charge >= 0.3 is 0 Å². The minimum Gasteiger partial charge on any atom is -0.493 e. The zero-order chi connectivity index (χ0) is 19.0. The number of rotatable bonds is 9. The molecule has 0 aromatic heterocycles. The van der Waals surface area contributed by atoms with Gasteiger partial charge < -0.3 is 19.5 Å². The first-order chi connectivity index (χ1) is 13.3. The van der Waals surface area contributed by atoms with E-state index in [9.17, 15) is 0 Å². The lowest BCUT2D eigenvalue weighted by molar-refractivity contribution is -0.0358. The standard InChI is InChI=1S/C22H36N2O3/c1-3-13-27-20-8-7-19(16-21(20)25-2)17-23-18-22(9-14-26-15-10-22)24-11-5-4-6-12-24/h7-8,16,23H,3-6,9-15,17-18H2,1-2H3. The molecular weight excluding hydrogens is 340 g/mol. The van der Waals surface area contributed by atoms with Crippen LogP contribution in [0, 0.1) is 0 Å². The van der Waals surface area contributed by atoms with Gasteiger partial charge in [0.15, 0.2) is 11.5 Å². The molecule has 0 bridgehead atoms. The number of ether oxygens (including phenoxy) is 3. The van der Waals surface area contributed by atoms with Crippen molar-refractivity contribution in [2.75, 3.05) is 46.6 Å². The summed E-state index contributed by atoms with van der Waals surface area (Å²) in [5.74, 6) is 1.65. The highest BCUT2D eigenvalue weighted by atomic mass is 16.5. The Morgan fingerprint density at radius 2 is 1.89 bits per heavy atom. The molecule has 0 unspecified atom stereocenters. The molecule has 152 valence electrons. The highest BCUT2D eigenvalue weighted by Crippen LogP contribution is 2.31. The predicted molar refractivity (Wildman–Crippen MR) is 109 cm³/mol. The normalized spacial score (nSPS) is 20.4. The van der Waals surface area contributed by atoms with Gasteiger partial charge in [-0.25, -0.2) is 0 Å². The van der Waals surface area contributed by atoms with E-state index in [-0.39, 0.29) is 5.54 Å². The second kappa shape index (κ2) is 10.3. The van der Waals surface area contributed by atoms with E-state index >= 15 is 0 Å². The SMILES string of the molecule is CCCOc1ccc(CNCC2(N3CCCCC3)CCOCC2)cc1OC. The number of likely N-dealkylation sites (tertiary alicyclic amines) is 1. The zero-order valence-electron chi connectivity index (χ0n) is 17.1. The van der Waals surface area contributed by atoms with Crippen molar-refractivity contribution in [1.82, 2.24) is 10.2 Å². The van der Waals surface area contributed by atoms with Crippen molar-refractivity contribution in [3.05, 3.63) is 23.8 Å². The maximum Gasteiger partial charge on any atom is 0.161 e. The molecule has 1 aromatic carbocycles. The number of piperidine rings is 1. The molecule has 0 radical (unpaired) electrons. The van der Waals surface area contributed by atoms with Gasteiger partial charge in [-0.15, -0.1) is 0 Å². The van der Waals surface area contributed by atoms with E-state index in [2.05, 4.69) is 29.3 Å². The molecule has 0 aliphatic carbocycles. The number of hydrogen-bond acceptors (Lipinski definition) is 5. The minimum atomic E-state index is 0.257. The van der Waals surface area contributed by atoms with Crippen molar-refractivity contribution < 1.29 is 14.2 Å². The van der Waals surface area contributed by atoms with Crippen molar-refractivity contribution >= 4 is 0 Å².